The molecule has 0 aliphatic heterocycles. The van der Waals surface area contributed by atoms with Crippen molar-refractivity contribution < 1.29 is 0 Å². The molecule has 0 fully saturated rings. The molecule has 0 saturated carbocycles. The van der Waals surface area contributed by atoms with Gasteiger partial charge in [0.15, 0.2) is 69.9 Å². The van der Waals surface area contributed by atoms with Gasteiger partial charge in [0, 0.05) is 123 Å². The van der Waals surface area contributed by atoms with Crippen LogP contribution in [0.5, 0.6) is 0 Å². The van der Waals surface area contributed by atoms with E-state index in [9.17, 15) is 0 Å². The van der Waals surface area contributed by atoms with E-state index in [0.29, 0.717) is 69.9 Å². The number of para-hydroxylation sites is 4. The first-order valence-electron chi connectivity index (χ1n) is 48.8. The van der Waals surface area contributed by atoms with E-state index in [0.717, 1.165) is 100 Å². The highest BCUT2D eigenvalue weighted by atomic mass is 15.1. The SMILES string of the molecule is c1ccc(-c2nc(-c3ccccc3)nc(-c3ccc4c(c3)C3c5ccccc5C4c4cc(-c5nc(-c6ccccc6)nc(-c6ccc(-c7ccc8c9ccccc9n(-c9ccccc9)c8c7)cc6)n5)ccc43)n2)cc1.c1ccc(-c2nc(-c3ccccc3)nc(-c3ccc4c(c3)C3c5ccccc5C4c4cc(-c5nc(-c6ccccc6)nc(-c6ccc7c8ccccc8n(-c8ccccc8)c7c6)n5)ccc43)n2)cc1. The standard InChI is InChI=1S/C68H43N7.C62H39N7/c1-5-17-43(18-6-1)63-69-64(44-19-7-2-8-20-44)72-67(71-63)48-34-37-55-57(39-48)61-53-26-13-14-27-54(53)62(55)58-40-49(35-38-56(58)61)68-73-65(45-21-9-3-10-22-45)70-66(74-68)46-31-29-42(30-32-46)47-33-36-52-51-25-15-16-28-59(51)75(60(52)41-47)50-23-11-4-12-24-50;1-5-17-38(18-6-1)57-63-58(39-19-7-2-8-20-39)65-60(64-57)41-30-33-49-51(35-41)55-47-26-13-14-27-48(47)56(49)52-36-42(31-34-50(52)55)61-66-59(40-21-9-3-10-22-40)67-62(68-61)43-29-32-46-45-25-15-16-28-53(45)69(54(46)37-43)44-23-11-4-12-24-44/h1-41,61-62H;1-37,55-56H. The third-order valence-corrected chi connectivity index (χ3v) is 28.9. The van der Waals surface area contributed by atoms with Crippen LogP contribution in [0.25, 0.3) is 203 Å². The molecule has 6 aromatic heterocycles. The zero-order valence-corrected chi connectivity index (χ0v) is 77.6. The van der Waals surface area contributed by atoms with Crippen LogP contribution < -0.4 is 0 Å². The molecule has 0 saturated heterocycles. The van der Waals surface area contributed by atoms with Crippen molar-refractivity contribution in [1.82, 2.24) is 68.9 Å². The molecule has 0 spiro atoms. The van der Waals surface area contributed by atoms with E-state index in [-0.39, 0.29) is 23.7 Å². The van der Waals surface area contributed by atoms with Crippen LogP contribution in [0, 0.1) is 0 Å². The lowest BCUT2D eigenvalue weighted by Crippen LogP contribution is -2.27. The summed E-state index contributed by atoms with van der Waals surface area (Å²) in [4.78, 5) is 61.7. The van der Waals surface area contributed by atoms with Gasteiger partial charge < -0.3 is 9.13 Å². The highest BCUT2D eigenvalue weighted by Gasteiger charge is 2.44. The molecule has 0 amide bonds. The largest absolute Gasteiger partial charge is 0.309 e. The highest BCUT2D eigenvalue weighted by molar-refractivity contribution is 6.11. The monoisotopic (exact) mass is 1840 g/mol. The van der Waals surface area contributed by atoms with Gasteiger partial charge in [0.25, 0.3) is 0 Å². The molecule has 31 rings (SSSR count). The zero-order valence-electron chi connectivity index (χ0n) is 77.6. The Kier molecular flexibility index (Phi) is 19.9. The van der Waals surface area contributed by atoms with Crippen LogP contribution in [0.15, 0.2) is 473 Å². The molecular formula is C130H82N14. The number of fused-ring (bicyclic) bond motifs is 6. The van der Waals surface area contributed by atoms with Gasteiger partial charge >= 0.3 is 0 Å². The normalized spacial score (nSPS) is 14.2. The molecule has 14 heteroatoms. The van der Waals surface area contributed by atoms with Gasteiger partial charge in [0.1, 0.15) is 0 Å². The Morgan fingerprint density at radius 2 is 0.299 bits per heavy atom. The molecule has 19 aromatic carbocycles. The molecule has 672 valence electrons. The van der Waals surface area contributed by atoms with E-state index < -0.39 is 0 Å². The van der Waals surface area contributed by atoms with E-state index in [1.807, 2.05) is 158 Å². The van der Waals surface area contributed by atoms with Crippen molar-refractivity contribution in [2.45, 2.75) is 23.7 Å². The lowest BCUT2D eigenvalue weighted by atomic mass is 9.61. The maximum atomic E-state index is 5.31. The Bertz CT molecular complexity index is 9280. The number of nitrogens with zero attached hydrogens (tertiary/aromatic N) is 14. The predicted molar refractivity (Wildman–Crippen MR) is 575 cm³/mol. The van der Waals surface area contributed by atoms with E-state index in [4.69, 9.17) is 59.8 Å². The smallest absolute Gasteiger partial charge is 0.164 e. The molecule has 6 heterocycles. The van der Waals surface area contributed by atoms with Gasteiger partial charge in [-0.3, -0.25) is 0 Å². The Hall–Kier alpha value is -19.2. The third kappa shape index (κ3) is 14.3. The number of hydrogen-bond donors (Lipinski definition) is 0. The first-order chi connectivity index (χ1) is 71.4. The molecule has 144 heavy (non-hydrogen) atoms. The molecule has 14 nitrogen and oxygen atoms in total. The minimum atomic E-state index is 0.0129. The van der Waals surface area contributed by atoms with Gasteiger partial charge in [-0.1, -0.05) is 400 Å². The van der Waals surface area contributed by atoms with Crippen LogP contribution >= 0.6 is 0 Å². The summed E-state index contributed by atoms with van der Waals surface area (Å²) in [5.74, 6) is 7.72. The van der Waals surface area contributed by atoms with Crippen molar-refractivity contribution in [2.24, 2.45) is 0 Å². The maximum Gasteiger partial charge on any atom is 0.164 e. The fraction of sp³-hybridized carbons (Fsp3) is 0.0308. The second kappa shape index (κ2) is 34.5. The summed E-state index contributed by atoms with van der Waals surface area (Å²) >= 11 is 0. The van der Waals surface area contributed by atoms with Crippen LogP contribution in [0.1, 0.15) is 90.4 Å². The second-order valence-electron chi connectivity index (χ2n) is 37.2. The summed E-state index contributed by atoms with van der Waals surface area (Å²) in [6, 6.07) is 166. The molecule has 4 bridgehead atoms. The molecule has 0 N–H and O–H groups in total. The van der Waals surface area contributed by atoms with Crippen LogP contribution in [-0.4, -0.2) is 68.9 Å². The van der Waals surface area contributed by atoms with E-state index in [1.165, 1.54) is 99.3 Å². The number of benzene rings is 19. The van der Waals surface area contributed by atoms with Gasteiger partial charge in [-0.15, -0.1) is 0 Å². The maximum absolute atomic E-state index is 5.31. The summed E-state index contributed by atoms with van der Waals surface area (Å²) in [6.07, 6.45) is 0. The minimum Gasteiger partial charge on any atom is -0.309 e. The average molecular weight is 1840 g/mol. The van der Waals surface area contributed by atoms with Gasteiger partial charge in [0.2, 0.25) is 0 Å². The Morgan fingerprint density at radius 3 is 0.576 bits per heavy atom. The van der Waals surface area contributed by atoms with Crippen LogP contribution in [-0.2, 0) is 0 Å². The molecule has 4 unspecified atom stereocenters. The van der Waals surface area contributed by atoms with Crippen molar-refractivity contribution in [3.8, 4) is 159 Å². The quantitative estimate of drug-likeness (QED) is 0.0955. The average Bonchev–Trinajstić information content (AvgIpc) is 1.32. The number of hydrogen-bond acceptors (Lipinski definition) is 12. The number of rotatable bonds is 15. The van der Waals surface area contributed by atoms with Gasteiger partial charge in [-0.25, -0.2) is 59.8 Å². The summed E-state index contributed by atoms with van der Waals surface area (Å²) < 4.78 is 4.70. The molecule has 4 atom stereocenters. The first kappa shape index (κ1) is 83.0. The third-order valence-electron chi connectivity index (χ3n) is 28.9. The molecule has 0 radical (unpaired) electrons. The van der Waals surface area contributed by atoms with Gasteiger partial charge in [0.05, 0.1) is 22.1 Å². The van der Waals surface area contributed by atoms with E-state index in [2.05, 4.69) is 325 Å². The zero-order chi connectivity index (χ0) is 94.8. The van der Waals surface area contributed by atoms with E-state index in [1.54, 1.807) is 0 Å². The molecule has 6 aliphatic rings. The second-order valence-corrected chi connectivity index (χ2v) is 37.2. The van der Waals surface area contributed by atoms with Crippen molar-refractivity contribution in [1.29, 1.82) is 0 Å². The fourth-order valence-electron chi connectivity index (χ4n) is 22.3. The summed E-state index contributed by atoms with van der Waals surface area (Å²) in [6.45, 7) is 0. The highest BCUT2D eigenvalue weighted by Crippen LogP contribution is 2.59. The minimum absolute atomic E-state index is 0.0129. The first-order valence-corrected chi connectivity index (χ1v) is 48.8. The summed E-state index contributed by atoms with van der Waals surface area (Å²) in [5, 5.41) is 4.84. The fourth-order valence-corrected chi connectivity index (χ4v) is 22.3. The Balaban J connectivity index is 0.000000141. The van der Waals surface area contributed by atoms with Crippen LogP contribution in [0.4, 0.5) is 0 Å². The van der Waals surface area contributed by atoms with Crippen LogP contribution in [0.3, 0.4) is 0 Å². The predicted octanol–water partition coefficient (Wildman–Crippen LogP) is 30.0. The van der Waals surface area contributed by atoms with Crippen molar-refractivity contribution in [3.63, 3.8) is 0 Å². The molecule has 25 aromatic rings. The van der Waals surface area contributed by atoms with Crippen molar-refractivity contribution in [2.75, 3.05) is 0 Å². The molecule has 6 aliphatic carbocycles. The lowest BCUT2D eigenvalue weighted by molar-refractivity contribution is 0.754. The van der Waals surface area contributed by atoms with Gasteiger partial charge in [-0.05, 0) is 151 Å². The Morgan fingerprint density at radius 1 is 0.118 bits per heavy atom. The topological polar surface area (TPSA) is 165 Å². The lowest BCUT2D eigenvalue weighted by Gasteiger charge is -2.42. The van der Waals surface area contributed by atoms with Crippen molar-refractivity contribution in [3.05, 3.63) is 540 Å². The molecular weight excluding hydrogens is 1760 g/mol. The van der Waals surface area contributed by atoms with E-state index >= 15 is 0 Å². The number of aromatic nitrogens is 14. The summed E-state index contributed by atoms with van der Waals surface area (Å²) in [5.41, 5.74) is 35.9. The Labute approximate surface area is 829 Å². The van der Waals surface area contributed by atoms with Crippen LogP contribution in [0.2, 0.25) is 0 Å². The summed E-state index contributed by atoms with van der Waals surface area (Å²) in [7, 11) is 0. The van der Waals surface area contributed by atoms with Crippen molar-refractivity contribution >= 4 is 43.6 Å². The van der Waals surface area contributed by atoms with Gasteiger partial charge in [-0.2, -0.15) is 0 Å².